The highest BCUT2D eigenvalue weighted by Gasteiger charge is 2.17. The Kier molecular flexibility index (Phi) is 4.47. The van der Waals surface area contributed by atoms with E-state index in [1.54, 1.807) is 4.90 Å². The molecule has 1 aliphatic heterocycles. The fraction of sp³-hybridized carbons (Fsp3) is 0.357. The number of aromatic nitrogens is 3. The van der Waals surface area contributed by atoms with Gasteiger partial charge < -0.3 is 14.4 Å². The highest BCUT2D eigenvalue weighted by atomic mass is 32.2. The Morgan fingerprint density at radius 1 is 1.41 bits per heavy atom. The summed E-state index contributed by atoms with van der Waals surface area (Å²) in [6, 6.07) is 5.74. The molecule has 0 unspecified atom stereocenters. The summed E-state index contributed by atoms with van der Waals surface area (Å²) in [5.41, 5.74) is 1.02. The van der Waals surface area contributed by atoms with Crippen LogP contribution in [0.5, 0.6) is 11.5 Å². The maximum atomic E-state index is 12.3. The normalized spacial score (nSPS) is 12.4. The summed E-state index contributed by atoms with van der Waals surface area (Å²) in [4.78, 5) is 18.1. The number of hydrogen-bond donors (Lipinski definition) is 1. The molecule has 2 heterocycles. The van der Waals surface area contributed by atoms with Crippen molar-refractivity contribution in [3.63, 3.8) is 0 Å². The third-order valence-electron chi connectivity index (χ3n) is 3.27. The summed E-state index contributed by atoms with van der Waals surface area (Å²) >= 11 is 1.34. The van der Waals surface area contributed by atoms with Gasteiger partial charge in [-0.05, 0) is 24.6 Å². The number of carbonyl (C=O) groups is 1. The van der Waals surface area contributed by atoms with E-state index >= 15 is 0 Å². The Hall–Kier alpha value is -2.22. The molecule has 1 aromatic heterocycles. The first-order valence-electron chi connectivity index (χ1n) is 6.90. The minimum absolute atomic E-state index is 0.0570. The van der Waals surface area contributed by atoms with Crippen LogP contribution in [0.25, 0.3) is 0 Å². The smallest absolute Gasteiger partial charge is 0.233 e. The predicted octanol–water partition coefficient (Wildman–Crippen LogP) is 1.67. The fourth-order valence-corrected chi connectivity index (χ4v) is 2.80. The molecule has 0 atom stereocenters. The van der Waals surface area contributed by atoms with E-state index < -0.39 is 0 Å². The molecule has 7 nitrogen and oxygen atoms in total. The Labute approximate surface area is 132 Å². The van der Waals surface area contributed by atoms with Crippen LogP contribution >= 0.6 is 11.8 Å². The van der Waals surface area contributed by atoms with Crippen molar-refractivity contribution in [2.45, 2.75) is 18.6 Å². The zero-order valence-corrected chi connectivity index (χ0v) is 12.9. The van der Waals surface area contributed by atoms with Crippen molar-refractivity contribution < 1.29 is 14.3 Å². The zero-order chi connectivity index (χ0) is 15.4. The monoisotopic (exact) mass is 320 g/mol. The van der Waals surface area contributed by atoms with Gasteiger partial charge >= 0.3 is 0 Å². The molecule has 8 heteroatoms. The number of nitrogens with zero attached hydrogens (tertiary/aromatic N) is 3. The number of benzene rings is 1. The van der Waals surface area contributed by atoms with Crippen LogP contribution in [0.1, 0.15) is 12.5 Å². The molecule has 0 saturated heterocycles. The highest BCUT2D eigenvalue weighted by Crippen LogP contribution is 2.32. The number of carbonyl (C=O) groups excluding carboxylic acids is 1. The standard InChI is InChI=1S/C14H16N4O3S/c1-2-18(13(19)7-22-14-15-8-16-17-14)6-10-3-4-11-12(5-10)21-9-20-11/h3-5,8H,2,6-7,9H2,1H3,(H,15,16,17). The van der Waals surface area contributed by atoms with Crippen LogP contribution in [0.4, 0.5) is 0 Å². The summed E-state index contributed by atoms with van der Waals surface area (Å²) < 4.78 is 10.7. The molecular formula is C14H16N4O3S. The number of ether oxygens (including phenoxy) is 2. The fourth-order valence-electron chi connectivity index (χ4n) is 2.12. The van der Waals surface area contributed by atoms with Crippen molar-refractivity contribution in [1.82, 2.24) is 20.1 Å². The molecule has 1 aromatic carbocycles. The Morgan fingerprint density at radius 2 is 2.27 bits per heavy atom. The molecule has 116 valence electrons. The lowest BCUT2D eigenvalue weighted by Gasteiger charge is -2.20. The number of fused-ring (bicyclic) bond motifs is 1. The van der Waals surface area contributed by atoms with E-state index in [4.69, 9.17) is 9.47 Å². The van der Waals surface area contributed by atoms with Crippen LogP contribution in [0.3, 0.4) is 0 Å². The second kappa shape index (κ2) is 6.69. The lowest BCUT2D eigenvalue weighted by molar-refractivity contribution is -0.128. The molecule has 1 amide bonds. The first-order valence-corrected chi connectivity index (χ1v) is 7.89. The van der Waals surface area contributed by atoms with E-state index in [1.165, 1.54) is 18.1 Å². The van der Waals surface area contributed by atoms with Crippen LogP contribution in [-0.4, -0.2) is 45.1 Å². The molecule has 0 aliphatic carbocycles. The maximum Gasteiger partial charge on any atom is 0.233 e. The van der Waals surface area contributed by atoms with E-state index in [2.05, 4.69) is 15.2 Å². The average Bonchev–Trinajstić information content (AvgIpc) is 3.20. The topological polar surface area (TPSA) is 80.3 Å². The number of amides is 1. The van der Waals surface area contributed by atoms with Gasteiger partial charge in [0.05, 0.1) is 5.75 Å². The number of thioether (sulfide) groups is 1. The summed E-state index contributed by atoms with van der Waals surface area (Å²) in [5.74, 6) is 1.87. The van der Waals surface area contributed by atoms with Crippen molar-refractivity contribution in [3.8, 4) is 11.5 Å². The first kappa shape index (κ1) is 14.7. The Bertz CT molecular complexity index is 648. The molecule has 3 rings (SSSR count). The molecule has 2 aromatic rings. The molecule has 0 fully saturated rings. The van der Waals surface area contributed by atoms with Gasteiger partial charge in [-0.3, -0.25) is 9.89 Å². The van der Waals surface area contributed by atoms with Gasteiger partial charge in [0.1, 0.15) is 6.33 Å². The van der Waals surface area contributed by atoms with Crippen molar-refractivity contribution in [3.05, 3.63) is 30.1 Å². The average molecular weight is 320 g/mol. The molecule has 0 radical (unpaired) electrons. The van der Waals surface area contributed by atoms with Gasteiger partial charge in [-0.15, -0.1) is 0 Å². The highest BCUT2D eigenvalue weighted by molar-refractivity contribution is 7.99. The number of nitrogens with one attached hydrogen (secondary N) is 1. The number of aromatic amines is 1. The van der Waals surface area contributed by atoms with Gasteiger partial charge in [0.15, 0.2) is 16.7 Å². The SMILES string of the molecule is CCN(Cc1ccc2c(c1)OCO2)C(=O)CSc1ncn[nH]1. The van der Waals surface area contributed by atoms with E-state index in [0.717, 1.165) is 17.1 Å². The minimum Gasteiger partial charge on any atom is -0.454 e. The molecule has 0 bridgehead atoms. The second-order valence-corrected chi connectivity index (χ2v) is 5.64. The van der Waals surface area contributed by atoms with Gasteiger partial charge in [0.25, 0.3) is 0 Å². The molecule has 1 aliphatic rings. The van der Waals surface area contributed by atoms with E-state index in [-0.39, 0.29) is 12.7 Å². The third-order valence-corrected chi connectivity index (χ3v) is 4.13. The predicted molar refractivity (Wildman–Crippen MR) is 80.8 cm³/mol. The summed E-state index contributed by atoms with van der Waals surface area (Å²) in [6.45, 7) is 3.40. The molecular weight excluding hydrogens is 304 g/mol. The summed E-state index contributed by atoms with van der Waals surface area (Å²) in [7, 11) is 0. The number of hydrogen-bond acceptors (Lipinski definition) is 6. The second-order valence-electron chi connectivity index (χ2n) is 4.67. The third kappa shape index (κ3) is 3.33. The maximum absolute atomic E-state index is 12.3. The van der Waals surface area contributed by atoms with Crippen molar-refractivity contribution in [2.24, 2.45) is 0 Å². The lowest BCUT2D eigenvalue weighted by atomic mass is 10.2. The van der Waals surface area contributed by atoms with Crippen molar-refractivity contribution >= 4 is 17.7 Å². The molecule has 1 N–H and O–H groups in total. The van der Waals surface area contributed by atoms with Crippen LogP contribution in [0.15, 0.2) is 29.7 Å². The largest absolute Gasteiger partial charge is 0.454 e. The zero-order valence-electron chi connectivity index (χ0n) is 12.1. The molecule has 0 saturated carbocycles. The van der Waals surface area contributed by atoms with Gasteiger partial charge in [0, 0.05) is 13.1 Å². The first-order chi connectivity index (χ1) is 10.8. The van der Waals surface area contributed by atoms with Crippen LogP contribution < -0.4 is 9.47 Å². The number of H-pyrrole nitrogens is 1. The van der Waals surface area contributed by atoms with Crippen LogP contribution in [0, 0.1) is 0 Å². The van der Waals surface area contributed by atoms with E-state index in [0.29, 0.717) is 24.0 Å². The van der Waals surface area contributed by atoms with Crippen molar-refractivity contribution in [1.29, 1.82) is 0 Å². The van der Waals surface area contributed by atoms with Crippen LogP contribution in [0.2, 0.25) is 0 Å². The van der Waals surface area contributed by atoms with Crippen molar-refractivity contribution in [2.75, 3.05) is 19.1 Å². The van der Waals surface area contributed by atoms with Gasteiger partial charge in [-0.2, -0.15) is 5.10 Å². The van der Waals surface area contributed by atoms with Gasteiger partial charge in [-0.1, -0.05) is 17.8 Å². The molecule has 0 spiro atoms. The number of rotatable bonds is 6. The minimum atomic E-state index is 0.0570. The van der Waals surface area contributed by atoms with Gasteiger partial charge in [0.2, 0.25) is 12.7 Å². The summed E-state index contributed by atoms with van der Waals surface area (Å²) in [6.07, 6.45) is 1.43. The lowest BCUT2D eigenvalue weighted by Crippen LogP contribution is -2.31. The van der Waals surface area contributed by atoms with E-state index in [1.807, 2.05) is 25.1 Å². The Balaban J connectivity index is 1.60. The molecule has 22 heavy (non-hydrogen) atoms. The van der Waals surface area contributed by atoms with E-state index in [9.17, 15) is 4.79 Å². The van der Waals surface area contributed by atoms with Gasteiger partial charge in [-0.25, -0.2) is 4.98 Å². The quantitative estimate of drug-likeness (QED) is 0.816. The summed E-state index contributed by atoms with van der Waals surface area (Å²) in [5, 5.41) is 7.13. The Morgan fingerprint density at radius 3 is 3.05 bits per heavy atom. The van der Waals surface area contributed by atoms with Crippen LogP contribution in [-0.2, 0) is 11.3 Å².